The van der Waals surface area contributed by atoms with E-state index in [1.54, 1.807) is 0 Å². The first kappa shape index (κ1) is 9.46. The first-order chi connectivity index (χ1) is 5.60. The van der Waals surface area contributed by atoms with Crippen molar-refractivity contribution in [1.82, 2.24) is 4.90 Å². The highest BCUT2D eigenvalue weighted by Gasteiger charge is 2.34. The summed E-state index contributed by atoms with van der Waals surface area (Å²) in [5, 5.41) is 0. The van der Waals surface area contributed by atoms with Crippen molar-refractivity contribution in [3.8, 4) is 0 Å². The van der Waals surface area contributed by atoms with Gasteiger partial charge in [-0.2, -0.15) is 0 Å². The molecule has 0 amide bonds. The third-order valence-electron chi connectivity index (χ3n) is 2.67. The average Bonchev–Trinajstić information content (AvgIpc) is 2.05. The van der Waals surface area contributed by atoms with Gasteiger partial charge in [-0.15, -0.1) is 0 Å². The molecule has 12 heavy (non-hydrogen) atoms. The second-order valence-electron chi connectivity index (χ2n) is 4.00. The zero-order valence-corrected chi connectivity index (χ0v) is 8.08. The van der Waals surface area contributed by atoms with Crippen LogP contribution in [0.25, 0.3) is 0 Å². The van der Waals surface area contributed by atoms with E-state index in [1.165, 1.54) is 0 Å². The molecule has 0 aromatic heterocycles. The zero-order valence-electron chi connectivity index (χ0n) is 8.08. The number of carbonyl (C=O) groups excluding carboxylic acids is 1. The molecule has 0 aromatic rings. The molecule has 0 N–H and O–H groups in total. The highest BCUT2D eigenvalue weighted by atomic mass is 16.1. The van der Waals surface area contributed by atoms with Crippen molar-refractivity contribution >= 4 is 6.29 Å². The fourth-order valence-electron chi connectivity index (χ4n) is 1.88. The van der Waals surface area contributed by atoms with Gasteiger partial charge in [0.1, 0.15) is 6.29 Å². The van der Waals surface area contributed by atoms with Crippen molar-refractivity contribution < 1.29 is 4.79 Å². The summed E-state index contributed by atoms with van der Waals surface area (Å²) in [6, 6.07) is 0.267. The lowest BCUT2D eigenvalue weighted by atomic mass is 9.76. The van der Waals surface area contributed by atoms with Gasteiger partial charge in [-0.05, 0) is 26.9 Å². The highest BCUT2D eigenvalue weighted by Crippen LogP contribution is 2.32. The Morgan fingerprint density at radius 1 is 1.58 bits per heavy atom. The third kappa shape index (κ3) is 1.58. The number of carbonyl (C=O) groups is 1. The molecule has 0 aliphatic heterocycles. The molecule has 0 aromatic carbocycles. The minimum atomic E-state index is -0.182. The lowest BCUT2D eigenvalue weighted by molar-refractivity contribution is -0.118. The van der Waals surface area contributed by atoms with Gasteiger partial charge < -0.3 is 9.69 Å². The average molecular weight is 167 g/mol. The van der Waals surface area contributed by atoms with Crippen LogP contribution < -0.4 is 0 Å². The van der Waals surface area contributed by atoms with E-state index in [-0.39, 0.29) is 11.5 Å². The van der Waals surface area contributed by atoms with Gasteiger partial charge in [-0.1, -0.05) is 19.1 Å². The van der Waals surface area contributed by atoms with Crippen LogP contribution >= 0.6 is 0 Å². The van der Waals surface area contributed by atoms with Gasteiger partial charge in [-0.3, -0.25) is 0 Å². The van der Waals surface area contributed by atoms with E-state index in [0.29, 0.717) is 0 Å². The number of hydrogen-bond acceptors (Lipinski definition) is 2. The predicted octanol–water partition coefficient (Wildman–Crippen LogP) is 1.47. The molecule has 2 atom stereocenters. The number of aldehydes is 1. The van der Waals surface area contributed by atoms with Crippen LogP contribution in [0.5, 0.6) is 0 Å². The van der Waals surface area contributed by atoms with Gasteiger partial charge in [0.15, 0.2) is 0 Å². The molecular formula is C10H17NO. The Balaban J connectivity index is 2.85. The molecule has 0 saturated heterocycles. The molecule has 68 valence electrons. The van der Waals surface area contributed by atoms with Crippen LogP contribution in [0.4, 0.5) is 0 Å². The number of likely N-dealkylation sites (N-methyl/N-ethyl adjacent to an activating group) is 1. The van der Waals surface area contributed by atoms with Crippen LogP contribution in [0.15, 0.2) is 12.2 Å². The number of rotatable bonds is 2. The summed E-state index contributed by atoms with van der Waals surface area (Å²) in [7, 11) is 4.03. The molecule has 0 saturated carbocycles. The molecule has 1 rings (SSSR count). The fourth-order valence-corrected chi connectivity index (χ4v) is 1.88. The summed E-state index contributed by atoms with van der Waals surface area (Å²) in [5.41, 5.74) is -0.182. The summed E-state index contributed by atoms with van der Waals surface area (Å²) in [6.45, 7) is 2.04. The quantitative estimate of drug-likeness (QED) is 0.458. The Morgan fingerprint density at radius 3 is 2.67 bits per heavy atom. The minimum absolute atomic E-state index is 0.182. The molecule has 1 aliphatic carbocycles. The van der Waals surface area contributed by atoms with Crippen molar-refractivity contribution in [3.05, 3.63) is 12.2 Å². The van der Waals surface area contributed by atoms with E-state index in [9.17, 15) is 4.79 Å². The predicted molar refractivity (Wildman–Crippen MR) is 50.0 cm³/mol. The van der Waals surface area contributed by atoms with Gasteiger partial charge in [-0.25, -0.2) is 0 Å². The van der Waals surface area contributed by atoms with Crippen LogP contribution in [-0.4, -0.2) is 31.3 Å². The molecule has 0 bridgehead atoms. The summed E-state index contributed by atoms with van der Waals surface area (Å²) in [5.74, 6) is 0. The van der Waals surface area contributed by atoms with Crippen LogP contribution in [-0.2, 0) is 4.79 Å². The lowest BCUT2D eigenvalue weighted by Gasteiger charge is -2.37. The second-order valence-corrected chi connectivity index (χ2v) is 4.00. The van der Waals surface area contributed by atoms with Crippen molar-refractivity contribution in [2.75, 3.05) is 14.1 Å². The number of hydrogen-bond donors (Lipinski definition) is 0. The smallest absolute Gasteiger partial charge is 0.127 e. The molecule has 0 spiro atoms. The van der Waals surface area contributed by atoms with E-state index in [2.05, 4.69) is 17.1 Å². The van der Waals surface area contributed by atoms with Crippen molar-refractivity contribution in [1.29, 1.82) is 0 Å². The first-order valence-electron chi connectivity index (χ1n) is 4.39. The van der Waals surface area contributed by atoms with E-state index >= 15 is 0 Å². The van der Waals surface area contributed by atoms with E-state index in [1.807, 2.05) is 21.0 Å². The first-order valence-corrected chi connectivity index (χ1v) is 4.39. The molecule has 1 aliphatic rings. The Bertz CT molecular complexity index is 198. The molecule has 0 unspecified atom stereocenters. The van der Waals surface area contributed by atoms with Gasteiger partial charge in [0.25, 0.3) is 0 Å². The van der Waals surface area contributed by atoms with Crippen LogP contribution in [0.2, 0.25) is 0 Å². The van der Waals surface area contributed by atoms with Crippen molar-refractivity contribution in [2.24, 2.45) is 5.41 Å². The Kier molecular flexibility index (Phi) is 2.68. The maximum Gasteiger partial charge on any atom is 0.127 e. The largest absolute Gasteiger partial charge is 0.303 e. The van der Waals surface area contributed by atoms with Crippen LogP contribution in [0.3, 0.4) is 0 Å². The summed E-state index contributed by atoms with van der Waals surface area (Å²) in [4.78, 5) is 13.0. The zero-order chi connectivity index (χ0) is 9.19. The maximum atomic E-state index is 10.9. The second kappa shape index (κ2) is 3.40. The maximum absolute atomic E-state index is 10.9. The molecule has 0 radical (unpaired) electrons. The third-order valence-corrected chi connectivity index (χ3v) is 2.67. The summed E-state index contributed by atoms with van der Waals surface area (Å²) in [6.07, 6.45) is 7.39. The van der Waals surface area contributed by atoms with Gasteiger partial charge in [0.2, 0.25) is 0 Å². The van der Waals surface area contributed by atoms with Crippen molar-refractivity contribution in [3.63, 3.8) is 0 Å². The SMILES string of the molecule is CN(C)[C@@H]1C=CCC[C@]1(C)C=O. The standard InChI is InChI=1S/C10H17NO/c1-10(8-12)7-5-4-6-9(10)11(2)3/h4,6,8-9H,5,7H2,1-3H3/t9-,10-/m1/s1. The van der Waals surface area contributed by atoms with E-state index < -0.39 is 0 Å². The van der Waals surface area contributed by atoms with Gasteiger partial charge >= 0.3 is 0 Å². The Hall–Kier alpha value is -0.630. The molecular weight excluding hydrogens is 150 g/mol. The Morgan fingerprint density at radius 2 is 2.25 bits per heavy atom. The monoisotopic (exact) mass is 167 g/mol. The fraction of sp³-hybridized carbons (Fsp3) is 0.700. The summed E-state index contributed by atoms with van der Waals surface area (Å²) >= 11 is 0. The number of allylic oxidation sites excluding steroid dienone is 1. The van der Waals surface area contributed by atoms with E-state index in [0.717, 1.165) is 19.1 Å². The lowest BCUT2D eigenvalue weighted by Crippen LogP contribution is -2.44. The Labute approximate surface area is 74.2 Å². The molecule has 0 heterocycles. The van der Waals surface area contributed by atoms with Gasteiger partial charge in [0.05, 0.1) is 0 Å². The molecule has 2 heteroatoms. The van der Waals surface area contributed by atoms with Crippen LogP contribution in [0, 0.1) is 5.41 Å². The van der Waals surface area contributed by atoms with Crippen LogP contribution in [0.1, 0.15) is 19.8 Å². The van der Waals surface area contributed by atoms with Gasteiger partial charge in [0, 0.05) is 11.5 Å². The number of nitrogens with zero attached hydrogens (tertiary/aromatic N) is 1. The molecule has 2 nitrogen and oxygen atoms in total. The topological polar surface area (TPSA) is 20.3 Å². The molecule has 0 fully saturated rings. The highest BCUT2D eigenvalue weighted by molar-refractivity contribution is 5.61. The minimum Gasteiger partial charge on any atom is -0.303 e. The normalized spacial score (nSPS) is 35.5. The summed E-state index contributed by atoms with van der Waals surface area (Å²) < 4.78 is 0. The van der Waals surface area contributed by atoms with Crippen molar-refractivity contribution in [2.45, 2.75) is 25.8 Å². The van der Waals surface area contributed by atoms with E-state index in [4.69, 9.17) is 0 Å².